The Hall–Kier alpha value is -2.27. The Labute approximate surface area is 152 Å². The Morgan fingerprint density at radius 1 is 1.20 bits per heavy atom. The van der Waals surface area contributed by atoms with Crippen molar-refractivity contribution in [1.82, 2.24) is 9.88 Å². The molecule has 0 spiro atoms. The molecule has 0 unspecified atom stereocenters. The number of carbonyl (C=O) groups is 1. The summed E-state index contributed by atoms with van der Waals surface area (Å²) in [6.07, 6.45) is 2.66. The van der Waals surface area contributed by atoms with Crippen molar-refractivity contribution in [3.05, 3.63) is 53.7 Å². The van der Waals surface area contributed by atoms with Gasteiger partial charge in [-0.05, 0) is 31.2 Å². The molecule has 0 radical (unpaired) electrons. The van der Waals surface area contributed by atoms with Gasteiger partial charge in [-0.25, -0.2) is 4.98 Å². The van der Waals surface area contributed by atoms with Crippen LogP contribution >= 0.6 is 11.6 Å². The lowest BCUT2D eigenvalue weighted by molar-refractivity contribution is -0.139. The molecule has 1 aliphatic rings. The number of piperidine rings is 1. The van der Waals surface area contributed by atoms with Crippen molar-refractivity contribution in [3.8, 4) is 11.6 Å². The summed E-state index contributed by atoms with van der Waals surface area (Å²) < 4.78 is 11.6. The molecule has 1 aromatic heterocycles. The molecule has 6 heteroatoms. The molecule has 2 heterocycles. The van der Waals surface area contributed by atoms with E-state index in [9.17, 15) is 4.79 Å². The van der Waals surface area contributed by atoms with Gasteiger partial charge in [-0.2, -0.15) is 0 Å². The van der Waals surface area contributed by atoms with E-state index in [0.717, 1.165) is 12.8 Å². The quantitative estimate of drug-likeness (QED) is 0.817. The van der Waals surface area contributed by atoms with Gasteiger partial charge in [-0.1, -0.05) is 29.8 Å². The minimum absolute atomic E-state index is 0.00169. The highest BCUT2D eigenvalue weighted by molar-refractivity contribution is 6.31. The van der Waals surface area contributed by atoms with Gasteiger partial charge in [-0.3, -0.25) is 4.79 Å². The number of nitrogens with zero attached hydrogens (tertiary/aromatic N) is 2. The molecule has 1 aromatic carbocycles. The molecule has 3 rings (SSSR count). The second-order valence-corrected chi connectivity index (χ2v) is 6.41. The maximum Gasteiger partial charge on any atom is 0.263 e. The largest absolute Gasteiger partial charge is 0.481 e. The number of pyridine rings is 1. The fourth-order valence-corrected chi connectivity index (χ4v) is 2.99. The molecule has 5 nitrogen and oxygen atoms in total. The molecular weight excluding hydrogens is 340 g/mol. The third-order valence-electron chi connectivity index (χ3n) is 4.16. The number of rotatable bonds is 5. The molecule has 0 aliphatic carbocycles. The van der Waals surface area contributed by atoms with Crippen molar-refractivity contribution in [2.75, 3.05) is 13.1 Å². The highest BCUT2D eigenvalue weighted by Crippen LogP contribution is 2.24. The minimum atomic E-state index is -0.509. The summed E-state index contributed by atoms with van der Waals surface area (Å²) in [6.45, 7) is 3.05. The molecule has 0 N–H and O–H groups in total. The zero-order valence-electron chi connectivity index (χ0n) is 14.1. The van der Waals surface area contributed by atoms with Gasteiger partial charge < -0.3 is 14.4 Å². The van der Waals surface area contributed by atoms with Gasteiger partial charge in [0.2, 0.25) is 5.88 Å². The zero-order valence-corrected chi connectivity index (χ0v) is 14.9. The van der Waals surface area contributed by atoms with Gasteiger partial charge in [-0.15, -0.1) is 0 Å². The summed E-state index contributed by atoms with van der Waals surface area (Å²) in [7, 11) is 0. The first-order chi connectivity index (χ1) is 12.1. The van der Waals surface area contributed by atoms with E-state index in [2.05, 4.69) is 4.98 Å². The van der Waals surface area contributed by atoms with E-state index in [1.165, 1.54) is 0 Å². The first kappa shape index (κ1) is 17.5. The Morgan fingerprint density at radius 3 is 2.60 bits per heavy atom. The molecule has 1 aliphatic heterocycles. The summed E-state index contributed by atoms with van der Waals surface area (Å²) >= 11 is 6.07. The number of aromatic nitrogens is 1. The van der Waals surface area contributed by atoms with E-state index in [1.807, 2.05) is 35.2 Å². The molecule has 132 valence electrons. The lowest BCUT2D eigenvalue weighted by Gasteiger charge is -2.33. The van der Waals surface area contributed by atoms with Crippen molar-refractivity contribution in [2.24, 2.45) is 0 Å². The average Bonchev–Trinajstić information content (AvgIpc) is 2.64. The van der Waals surface area contributed by atoms with Gasteiger partial charge in [0, 0.05) is 32.1 Å². The molecule has 1 saturated heterocycles. The smallest absolute Gasteiger partial charge is 0.263 e. The highest BCUT2D eigenvalue weighted by Gasteiger charge is 2.28. The molecular formula is C19H21ClN2O3. The third kappa shape index (κ3) is 4.63. The number of halogens is 1. The van der Waals surface area contributed by atoms with Crippen LogP contribution in [0.25, 0.3) is 0 Å². The van der Waals surface area contributed by atoms with E-state index < -0.39 is 6.10 Å². The summed E-state index contributed by atoms with van der Waals surface area (Å²) in [5, 5.41) is 0.505. The van der Waals surface area contributed by atoms with E-state index in [-0.39, 0.29) is 12.0 Å². The third-order valence-corrected chi connectivity index (χ3v) is 4.45. The van der Waals surface area contributed by atoms with E-state index in [4.69, 9.17) is 21.1 Å². The second-order valence-electron chi connectivity index (χ2n) is 6.01. The number of likely N-dealkylation sites (tertiary alicyclic amines) is 1. The van der Waals surface area contributed by atoms with Gasteiger partial charge in [0.15, 0.2) is 6.10 Å². The van der Waals surface area contributed by atoms with Crippen molar-refractivity contribution in [1.29, 1.82) is 0 Å². The highest BCUT2D eigenvalue weighted by atomic mass is 35.5. The fourth-order valence-electron chi connectivity index (χ4n) is 2.82. The standard InChI is InChI=1S/C19H21ClN2O3/c1-14(24-15-6-3-2-4-7-15)19(23)22-12-9-16(10-13-22)25-18-17(20)8-5-11-21-18/h2-8,11,14,16H,9-10,12-13H2,1H3/t14-/m0/s1. The zero-order chi connectivity index (χ0) is 17.6. The minimum Gasteiger partial charge on any atom is -0.481 e. The van der Waals surface area contributed by atoms with Crippen LogP contribution < -0.4 is 9.47 Å². The van der Waals surface area contributed by atoms with Crippen LogP contribution in [0, 0.1) is 0 Å². The molecule has 0 saturated carbocycles. The molecule has 2 aromatic rings. The van der Waals surface area contributed by atoms with Gasteiger partial charge in [0.05, 0.1) is 0 Å². The van der Waals surface area contributed by atoms with Crippen molar-refractivity contribution >= 4 is 17.5 Å². The van der Waals surface area contributed by atoms with Crippen molar-refractivity contribution in [2.45, 2.75) is 32.0 Å². The van der Waals surface area contributed by atoms with Crippen molar-refractivity contribution in [3.63, 3.8) is 0 Å². The van der Waals surface area contributed by atoms with Gasteiger partial charge >= 0.3 is 0 Å². The monoisotopic (exact) mass is 360 g/mol. The normalized spacial score (nSPS) is 16.3. The summed E-state index contributed by atoms with van der Waals surface area (Å²) in [5.74, 6) is 1.15. The predicted octanol–water partition coefficient (Wildman–Crippen LogP) is 3.57. The average molecular weight is 361 g/mol. The Bertz CT molecular complexity index is 703. The number of hydrogen-bond donors (Lipinski definition) is 0. The van der Waals surface area contributed by atoms with Crippen LogP contribution in [0.5, 0.6) is 11.6 Å². The van der Waals surface area contributed by atoms with Crippen LogP contribution in [0.4, 0.5) is 0 Å². The number of amides is 1. The first-order valence-electron chi connectivity index (χ1n) is 8.41. The van der Waals surface area contributed by atoms with Gasteiger partial charge in [0.25, 0.3) is 5.91 Å². The maximum absolute atomic E-state index is 12.5. The number of para-hydroxylation sites is 1. The van der Waals surface area contributed by atoms with Crippen molar-refractivity contribution < 1.29 is 14.3 Å². The summed E-state index contributed by atoms with van der Waals surface area (Å²) in [4.78, 5) is 18.5. The molecule has 1 fully saturated rings. The number of carbonyl (C=O) groups excluding carboxylic acids is 1. The Morgan fingerprint density at radius 2 is 1.92 bits per heavy atom. The Balaban J connectivity index is 1.50. The lowest BCUT2D eigenvalue weighted by atomic mass is 10.1. The SMILES string of the molecule is C[C@H](Oc1ccccc1)C(=O)N1CCC(Oc2ncccc2Cl)CC1. The first-order valence-corrected chi connectivity index (χ1v) is 8.79. The summed E-state index contributed by atoms with van der Waals surface area (Å²) in [5.41, 5.74) is 0. The molecule has 1 amide bonds. The van der Waals surface area contributed by atoms with Crippen LogP contribution in [0.15, 0.2) is 48.7 Å². The van der Waals surface area contributed by atoms with Gasteiger partial charge in [0.1, 0.15) is 16.9 Å². The number of ether oxygens (including phenoxy) is 2. The van der Waals surface area contributed by atoms with E-state index >= 15 is 0 Å². The molecule has 25 heavy (non-hydrogen) atoms. The Kier molecular flexibility index (Phi) is 5.76. The fraction of sp³-hybridized carbons (Fsp3) is 0.368. The van der Waals surface area contributed by atoms with Crippen LogP contribution in [0.2, 0.25) is 5.02 Å². The van der Waals surface area contributed by atoms with Crippen LogP contribution in [0.3, 0.4) is 0 Å². The summed E-state index contributed by atoms with van der Waals surface area (Å²) in [6, 6.07) is 12.9. The maximum atomic E-state index is 12.5. The van der Waals surface area contributed by atoms with Crippen LogP contribution in [-0.4, -0.2) is 41.1 Å². The lowest BCUT2D eigenvalue weighted by Crippen LogP contribution is -2.46. The van der Waals surface area contributed by atoms with E-state index in [1.54, 1.807) is 25.3 Å². The van der Waals surface area contributed by atoms with Crippen LogP contribution in [0.1, 0.15) is 19.8 Å². The number of benzene rings is 1. The topological polar surface area (TPSA) is 51.7 Å². The molecule has 1 atom stereocenters. The van der Waals surface area contributed by atoms with Crippen LogP contribution in [-0.2, 0) is 4.79 Å². The molecule has 0 bridgehead atoms. The number of hydrogen-bond acceptors (Lipinski definition) is 4. The van der Waals surface area contributed by atoms with E-state index in [0.29, 0.717) is 29.7 Å². The second kappa shape index (κ2) is 8.21. The predicted molar refractivity (Wildman–Crippen MR) is 96.0 cm³/mol.